The monoisotopic (exact) mass is 502 g/mol. The van der Waals surface area contributed by atoms with Crippen molar-refractivity contribution in [3.05, 3.63) is 46.4 Å². The topological polar surface area (TPSA) is 87.5 Å². The highest BCUT2D eigenvalue weighted by molar-refractivity contribution is 9.10. The molecule has 0 radical (unpaired) electrons. The molecule has 0 aromatic heterocycles. The number of hydrogen-bond donors (Lipinski definition) is 3. The molecule has 0 saturated carbocycles. The fourth-order valence-electron chi connectivity index (χ4n) is 4.33. The number of carbonyl (C=O) groups is 2. The van der Waals surface area contributed by atoms with Crippen molar-refractivity contribution in [2.24, 2.45) is 11.7 Å². The molecule has 1 fully saturated rings. The molecule has 1 aliphatic rings. The van der Waals surface area contributed by atoms with Crippen LogP contribution in [0.3, 0.4) is 0 Å². The lowest BCUT2D eigenvalue weighted by Crippen LogP contribution is -2.50. The molecule has 0 unspecified atom stereocenters. The summed E-state index contributed by atoms with van der Waals surface area (Å²) in [6, 6.07) is 11.5. The molecule has 3 rings (SSSR count). The van der Waals surface area contributed by atoms with Crippen LogP contribution >= 0.6 is 15.9 Å². The molecular weight excluding hydrogens is 468 g/mol. The van der Waals surface area contributed by atoms with E-state index in [-0.39, 0.29) is 23.9 Å². The number of nitrogens with one attached hydrogen (secondary N) is 2. The van der Waals surface area contributed by atoms with Gasteiger partial charge in [-0.25, -0.2) is 0 Å². The van der Waals surface area contributed by atoms with Gasteiger partial charge in [-0.15, -0.1) is 0 Å². The molecule has 1 heterocycles. The fraction of sp³-hybridized carbons (Fsp3) is 0.520. The number of nitrogens with zero attached hydrogens (tertiary/aromatic N) is 1. The maximum atomic E-state index is 13.1. The standard InChI is InChI=1S/C25H35BrN4O2/c1-3-17(4-2)16-30-12-10-22(29-23(9-11-27)25(30)32)15-28-24(31)20-6-5-19-14-21(26)8-7-18(19)13-20/h5-8,13-14,17,22-23,29H,3-4,9-12,15-16,27H2,1-2H3,(H,28,31)/t22-,23-/m1/s1. The first-order chi connectivity index (χ1) is 15.4. The summed E-state index contributed by atoms with van der Waals surface area (Å²) in [5.74, 6) is 0.551. The SMILES string of the molecule is CCC(CC)CN1CC[C@H](CNC(=O)c2ccc3cc(Br)ccc3c2)N[C@H](CCN)C1=O. The first kappa shape index (κ1) is 24.7. The number of halogens is 1. The van der Waals surface area contributed by atoms with Crippen molar-refractivity contribution in [2.75, 3.05) is 26.2 Å². The summed E-state index contributed by atoms with van der Waals surface area (Å²) in [6.07, 6.45) is 3.54. The molecule has 1 aliphatic heterocycles. The molecule has 2 aromatic rings. The number of nitrogens with two attached hydrogens (primary N) is 1. The van der Waals surface area contributed by atoms with E-state index in [0.29, 0.717) is 37.5 Å². The number of carbonyl (C=O) groups excluding carboxylic acids is 2. The van der Waals surface area contributed by atoms with Crippen LogP contribution in [0.5, 0.6) is 0 Å². The number of fused-ring (bicyclic) bond motifs is 1. The Balaban J connectivity index is 1.64. The smallest absolute Gasteiger partial charge is 0.251 e. The molecule has 2 aromatic carbocycles. The van der Waals surface area contributed by atoms with Gasteiger partial charge in [-0.2, -0.15) is 0 Å². The average Bonchev–Trinajstić information content (AvgIpc) is 2.94. The third-order valence-corrected chi connectivity index (χ3v) is 6.95. The Hall–Kier alpha value is -1.96. The lowest BCUT2D eigenvalue weighted by atomic mass is 10.0. The zero-order valence-electron chi connectivity index (χ0n) is 19.1. The van der Waals surface area contributed by atoms with E-state index in [4.69, 9.17) is 5.73 Å². The second-order valence-electron chi connectivity index (χ2n) is 8.67. The molecule has 6 nitrogen and oxygen atoms in total. The van der Waals surface area contributed by atoms with Crippen LogP contribution in [0.2, 0.25) is 0 Å². The second-order valence-corrected chi connectivity index (χ2v) is 9.58. The summed E-state index contributed by atoms with van der Waals surface area (Å²) in [7, 11) is 0. The number of hydrogen-bond acceptors (Lipinski definition) is 4. The van der Waals surface area contributed by atoms with Crippen molar-refractivity contribution in [3.63, 3.8) is 0 Å². The van der Waals surface area contributed by atoms with Gasteiger partial charge in [0.25, 0.3) is 5.91 Å². The molecule has 32 heavy (non-hydrogen) atoms. The van der Waals surface area contributed by atoms with Crippen LogP contribution < -0.4 is 16.4 Å². The highest BCUT2D eigenvalue weighted by atomic mass is 79.9. The normalized spacial score (nSPS) is 19.4. The summed E-state index contributed by atoms with van der Waals surface area (Å²) >= 11 is 3.48. The first-order valence-corrected chi connectivity index (χ1v) is 12.5. The Labute approximate surface area is 199 Å². The maximum Gasteiger partial charge on any atom is 0.251 e. The third-order valence-electron chi connectivity index (χ3n) is 6.46. The van der Waals surface area contributed by atoms with Crippen LogP contribution in [0.1, 0.15) is 49.9 Å². The van der Waals surface area contributed by atoms with Crippen LogP contribution in [0.4, 0.5) is 0 Å². The number of benzene rings is 2. The predicted octanol–water partition coefficient (Wildman–Crippen LogP) is 3.68. The molecule has 4 N–H and O–H groups in total. The van der Waals surface area contributed by atoms with Gasteiger partial charge in [-0.05, 0) is 60.3 Å². The molecule has 2 atom stereocenters. The van der Waals surface area contributed by atoms with Gasteiger partial charge in [0, 0.05) is 35.7 Å². The van der Waals surface area contributed by atoms with Gasteiger partial charge < -0.3 is 21.3 Å². The summed E-state index contributed by atoms with van der Waals surface area (Å²) in [4.78, 5) is 27.9. The van der Waals surface area contributed by atoms with Gasteiger partial charge in [0.15, 0.2) is 0 Å². The maximum absolute atomic E-state index is 13.1. The Morgan fingerprint density at radius 2 is 1.94 bits per heavy atom. The summed E-state index contributed by atoms with van der Waals surface area (Å²) in [6.45, 7) is 6.78. The van der Waals surface area contributed by atoms with E-state index in [2.05, 4.69) is 40.4 Å². The Bertz CT molecular complexity index is 931. The molecule has 7 heteroatoms. The van der Waals surface area contributed by atoms with Gasteiger partial charge in [0.05, 0.1) is 6.04 Å². The lowest BCUT2D eigenvalue weighted by Gasteiger charge is -2.27. The first-order valence-electron chi connectivity index (χ1n) is 11.7. The van der Waals surface area contributed by atoms with Gasteiger partial charge in [0.1, 0.15) is 0 Å². The fourth-order valence-corrected chi connectivity index (χ4v) is 4.71. The lowest BCUT2D eigenvalue weighted by molar-refractivity contribution is -0.133. The van der Waals surface area contributed by atoms with Gasteiger partial charge in [-0.1, -0.05) is 54.8 Å². The zero-order chi connectivity index (χ0) is 23.1. The van der Waals surface area contributed by atoms with E-state index in [1.807, 2.05) is 41.3 Å². The highest BCUT2D eigenvalue weighted by Gasteiger charge is 2.31. The molecular formula is C25H35BrN4O2. The van der Waals surface area contributed by atoms with Crippen LogP contribution in [-0.2, 0) is 4.79 Å². The summed E-state index contributed by atoms with van der Waals surface area (Å²) in [5.41, 5.74) is 6.42. The minimum absolute atomic E-state index is 0.0302. The number of rotatable bonds is 9. The van der Waals surface area contributed by atoms with Crippen molar-refractivity contribution in [2.45, 2.75) is 51.6 Å². The zero-order valence-corrected chi connectivity index (χ0v) is 20.7. The van der Waals surface area contributed by atoms with Crippen LogP contribution in [-0.4, -0.2) is 55.0 Å². The molecule has 1 saturated heterocycles. The summed E-state index contributed by atoms with van der Waals surface area (Å²) in [5, 5.41) is 8.63. The predicted molar refractivity (Wildman–Crippen MR) is 134 cm³/mol. The third kappa shape index (κ3) is 6.30. The largest absolute Gasteiger partial charge is 0.350 e. The highest BCUT2D eigenvalue weighted by Crippen LogP contribution is 2.21. The van der Waals surface area contributed by atoms with E-state index in [0.717, 1.165) is 41.1 Å². The van der Waals surface area contributed by atoms with E-state index in [9.17, 15) is 9.59 Å². The Morgan fingerprint density at radius 3 is 2.66 bits per heavy atom. The van der Waals surface area contributed by atoms with Crippen molar-refractivity contribution >= 4 is 38.5 Å². The van der Waals surface area contributed by atoms with E-state index in [1.54, 1.807) is 0 Å². The van der Waals surface area contributed by atoms with Crippen molar-refractivity contribution in [3.8, 4) is 0 Å². The molecule has 0 aliphatic carbocycles. The Kier molecular flexibility index (Phi) is 9.08. The minimum Gasteiger partial charge on any atom is -0.350 e. The van der Waals surface area contributed by atoms with Crippen molar-refractivity contribution < 1.29 is 9.59 Å². The van der Waals surface area contributed by atoms with Crippen molar-refractivity contribution in [1.82, 2.24) is 15.5 Å². The van der Waals surface area contributed by atoms with E-state index >= 15 is 0 Å². The Morgan fingerprint density at radius 1 is 1.22 bits per heavy atom. The number of amides is 2. The van der Waals surface area contributed by atoms with E-state index < -0.39 is 0 Å². The van der Waals surface area contributed by atoms with Gasteiger partial charge in [-0.3, -0.25) is 9.59 Å². The van der Waals surface area contributed by atoms with E-state index in [1.165, 1.54) is 0 Å². The molecule has 2 amide bonds. The molecule has 0 bridgehead atoms. The van der Waals surface area contributed by atoms with Gasteiger partial charge >= 0.3 is 0 Å². The van der Waals surface area contributed by atoms with Gasteiger partial charge in [0.2, 0.25) is 5.91 Å². The molecule has 0 spiro atoms. The van der Waals surface area contributed by atoms with Crippen molar-refractivity contribution in [1.29, 1.82) is 0 Å². The quantitative estimate of drug-likeness (QED) is 0.487. The molecule has 174 valence electrons. The average molecular weight is 503 g/mol. The second kappa shape index (κ2) is 11.8. The van der Waals surface area contributed by atoms with Crippen LogP contribution in [0.25, 0.3) is 10.8 Å². The summed E-state index contributed by atoms with van der Waals surface area (Å²) < 4.78 is 1.02. The van der Waals surface area contributed by atoms with Crippen LogP contribution in [0, 0.1) is 5.92 Å². The van der Waals surface area contributed by atoms with Crippen LogP contribution in [0.15, 0.2) is 40.9 Å². The minimum atomic E-state index is -0.294.